The fourth-order valence-electron chi connectivity index (χ4n) is 1.50. The second kappa shape index (κ2) is 4.94. The van der Waals surface area contributed by atoms with Crippen molar-refractivity contribution in [3.8, 4) is 0 Å². The van der Waals surface area contributed by atoms with Gasteiger partial charge in [0.05, 0.1) is 17.1 Å². The molecule has 0 radical (unpaired) electrons. The van der Waals surface area contributed by atoms with Crippen LogP contribution >= 0.6 is 0 Å². The van der Waals surface area contributed by atoms with Crippen LogP contribution in [0.4, 0.5) is 0 Å². The van der Waals surface area contributed by atoms with Gasteiger partial charge in [-0.15, -0.1) is 0 Å². The minimum absolute atomic E-state index is 0.0551. The van der Waals surface area contributed by atoms with E-state index in [2.05, 4.69) is 4.72 Å². The first-order valence-electron chi connectivity index (χ1n) is 4.56. The van der Waals surface area contributed by atoms with Crippen LogP contribution in [0.2, 0.25) is 0 Å². The number of rotatable bonds is 3. The summed E-state index contributed by atoms with van der Waals surface area (Å²) in [6.45, 7) is 1.87. The normalized spacial score (nSPS) is 33.2. The monoisotopic (exact) mass is 191 g/mol. The first-order valence-corrected chi connectivity index (χ1v) is 5.88. The molecule has 2 N–H and O–H groups in total. The molecule has 0 saturated heterocycles. The smallest absolute Gasteiger partial charge is 0.0915 e. The summed E-state index contributed by atoms with van der Waals surface area (Å²) in [6.07, 6.45) is 3.73. The van der Waals surface area contributed by atoms with E-state index in [1.54, 1.807) is 0 Å². The molecule has 4 heteroatoms. The van der Waals surface area contributed by atoms with E-state index < -0.39 is 11.0 Å². The largest absolute Gasteiger partial charge is 0.391 e. The molecule has 0 heterocycles. The van der Waals surface area contributed by atoms with Crippen molar-refractivity contribution in [2.45, 2.75) is 44.8 Å². The van der Waals surface area contributed by atoms with E-state index in [1.165, 1.54) is 0 Å². The maximum Gasteiger partial charge on any atom is 0.0915 e. The Labute approximate surface area is 76.1 Å². The van der Waals surface area contributed by atoms with E-state index in [0.717, 1.165) is 25.7 Å². The van der Waals surface area contributed by atoms with Crippen LogP contribution in [-0.2, 0) is 11.0 Å². The van der Waals surface area contributed by atoms with Crippen LogP contribution in [-0.4, -0.2) is 27.2 Å². The number of hydrogen-bond donors (Lipinski definition) is 2. The molecule has 0 aliphatic heterocycles. The van der Waals surface area contributed by atoms with Crippen LogP contribution in [0.5, 0.6) is 0 Å². The first kappa shape index (κ1) is 10.2. The van der Waals surface area contributed by atoms with Gasteiger partial charge in [0.2, 0.25) is 0 Å². The molecule has 1 saturated carbocycles. The van der Waals surface area contributed by atoms with Crippen LogP contribution < -0.4 is 4.72 Å². The molecule has 0 spiro atoms. The highest BCUT2D eigenvalue weighted by Gasteiger charge is 2.23. The van der Waals surface area contributed by atoms with Crippen LogP contribution in [0.15, 0.2) is 0 Å². The van der Waals surface area contributed by atoms with E-state index >= 15 is 0 Å². The van der Waals surface area contributed by atoms with Gasteiger partial charge in [0.15, 0.2) is 0 Å². The molecular weight excluding hydrogens is 174 g/mol. The molecule has 3 atom stereocenters. The lowest BCUT2D eigenvalue weighted by molar-refractivity contribution is 0.102. The Hall–Kier alpha value is 0.0700. The summed E-state index contributed by atoms with van der Waals surface area (Å²) in [6, 6.07) is 0.0551. The molecule has 0 aromatic heterocycles. The predicted molar refractivity (Wildman–Crippen MR) is 50.1 cm³/mol. The standard InChI is InChI=1S/C8H17NO2S/c1-2-12(11)9-7-5-3-4-6-8(7)10/h7-10H,2-6H2,1H3/t7-,8-,12?/m1/s1. The Morgan fingerprint density at radius 2 is 2.17 bits per heavy atom. The fourth-order valence-corrected chi connectivity index (χ4v) is 2.28. The fraction of sp³-hybridized carbons (Fsp3) is 1.00. The Morgan fingerprint density at radius 3 is 2.75 bits per heavy atom. The Kier molecular flexibility index (Phi) is 4.18. The van der Waals surface area contributed by atoms with Gasteiger partial charge in [-0.05, 0) is 12.8 Å². The molecule has 3 nitrogen and oxygen atoms in total. The van der Waals surface area contributed by atoms with Gasteiger partial charge in [0.25, 0.3) is 0 Å². The highest BCUT2D eigenvalue weighted by Crippen LogP contribution is 2.18. The van der Waals surface area contributed by atoms with E-state index in [0.29, 0.717) is 5.75 Å². The highest BCUT2D eigenvalue weighted by molar-refractivity contribution is 7.82. The van der Waals surface area contributed by atoms with E-state index in [9.17, 15) is 9.32 Å². The third-order valence-electron chi connectivity index (χ3n) is 2.27. The summed E-state index contributed by atoms with van der Waals surface area (Å²) >= 11 is 0. The SMILES string of the molecule is CCS(=O)N[C@@H]1CCCC[C@H]1O. The average Bonchev–Trinajstić information content (AvgIpc) is 2.09. The second-order valence-corrected chi connectivity index (χ2v) is 4.71. The van der Waals surface area contributed by atoms with Crippen LogP contribution in [0.3, 0.4) is 0 Å². The quantitative estimate of drug-likeness (QED) is 0.685. The maximum atomic E-state index is 11.1. The zero-order valence-electron chi connectivity index (χ0n) is 7.45. The van der Waals surface area contributed by atoms with Crippen molar-refractivity contribution < 1.29 is 9.32 Å². The second-order valence-electron chi connectivity index (χ2n) is 3.21. The predicted octanol–water partition coefficient (Wildman–Crippen LogP) is 0.563. The van der Waals surface area contributed by atoms with Crippen LogP contribution in [0.25, 0.3) is 0 Å². The lowest BCUT2D eigenvalue weighted by atomic mass is 9.93. The van der Waals surface area contributed by atoms with Gasteiger partial charge in [-0.25, -0.2) is 8.93 Å². The van der Waals surface area contributed by atoms with Gasteiger partial charge in [-0.3, -0.25) is 0 Å². The zero-order chi connectivity index (χ0) is 8.97. The Balaban J connectivity index is 2.33. The van der Waals surface area contributed by atoms with Crippen molar-refractivity contribution >= 4 is 11.0 Å². The molecular formula is C8H17NO2S. The summed E-state index contributed by atoms with van der Waals surface area (Å²) in [5, 5.41) is 9.52. The molecule has 1 unspecified atom stereocenters. The number of nitrogens with one attached hydrogen (secondary N) is 1. The number of hydrogen-bond acceptors (Lipinski definition) is 2. The average molecular weight is 191 g/mol. The van der Waals surface area contributed by atoms with Crippen molar-refractivity contribution in [2.24, 2.45) is 0 Å². The zero-order valence-corrected chi connectivity index (χ0v) is 8.27. The minimum atomic E-state index is -0.955. The molecule has 12 heavy (non-hydrogen) atoms. The molecule has 0 aromatic rings. The van der Waals surface area contributed by atoms with Crippen molar-refractivity contribution in [1.29, 1.82) is 0 Å². The topological polar surface area (TPSA) is 49.3 Å². The van der Waals surface area contributed by atoms with Gasteiger partial charge in [-0.2, -0.15) is 0 Å². The summed E-state index contributed by atoms with van der Waals surface area (Å²) in [5.74, 6) is 0.614. The lowest BCUT2D eigenvalue weighted by Crippen LogP contribution is -2.43. The molecule has 0 amide bonds. The van der Waals surface area contributed by atoms with E-state index in [4.69, 9.17) is 0 Å². The third-order valence-corrected chi connectivity index (χ3v) is 3.36. The molecule has 1 fully saturated rings. The molecule has 1 aliphatic rings. The first-order chi connectivity index (χ1) is 5.74. The van der Waals surface area contributed by atoms with Crippen molar-refractivity contribution in [3.05, 3.63) is 0 Å². The minimum Gasteiger partial charge on any atom is -0.391 e. The van der Waals surface area contributed by atoms with Gasteiger partial charge in [-0.1, -0.05) is 19.8 Å². The Bertz CT molecular complexity index is 163. The molecule has 72 valence electrons. The summed E-state index contributed by atoms with van der Waals surface area (Å²) in [4.78, 5) is 0. The van der Waals surface area contributed by atoms with Gasteiger partial charge in [0, 0.05) is 11.8 Å². The van der Waals surface area contributed by atoms with Crippen LogP contribution in [0.1, 0.15) is 32.6 Å². The van der Waals surface area contributed by atoms with E-state index in [-0.39, 0.29) is 12.1 Å². The summed E-state index contributed by atoms with van der Waals surface area (Å²) < 4.78 is 14.1. The molecule has 1 aliphatic carbocycles. The summed E-state index contributed by atoms with van der Waals surface area (Å²) in [7, 11) is -0.955. The van der Waals surface area contributed by atoms with Crippen LogP contribution in [0, 0.1) is 0 Å². The van der Waals surface area contributed by atoms with Crippen molar-refractivity contribution in [3.63, 3.8) is 0 Å². The van der Waals surface area contributed by atoms with Gasteiger partial charge >= 0.3 is 0 Å². The van der Waals surface area contributed by atoms with Crippen molar-refractivity contribution in [1.82, 2.24) is 4.72 Å². The molecule has 0 aromatic carbocycles. The summed E-state index contributed by atoms with van der Waals surface area (Å²) in [5.41, 5.74) is 0. The van der Waals surface area contributed by atoms with Crippen molar-refractivity contribution in [2.75, 3.05) is 5.75 Å². The number of aliphatic hydroxyl groups is 1. The van der Waals surface area contributed by atoms with Gasteiger partial charge < -0.3 is 5.11 Å². The third kappa shape index (κ3) is 2.84. The Morgan fingerprint density at radius 1 is 1.50 bits per heavy atom. The lowest BCUT2D eigenvalue weighted by Gasteiger charge is -2.27. The van der Waals surface area contributed by atoms with Gasteiger partial charge in [0.1, 0.15) is 0 Å². The molecule has 0 bridgehead atoms. The molecule has 1 rings (SSSR count). The number of aliphatic hydroxyl groups excluding tert-OH is 1. The van der Waals surface area contributed by atoms with E-state index in [1.807, 2.05) is 6.92 Å². The maximum absolute atomic E-state index is 11.1. The highest BCUT2D eigenvalue weighted by atomic mass is 32.2.